The average Bonchev–Trinajstić information content (AvgIpc) is 2.50. The quantitative estimate of drug-likeness (QED) is 0.905. The van der Waals surface area contributed by atoms with Gasteiger partial charge in [-0.2, -0.15) is 0 Å². The van der Waals surface area contributed by atoms with Gasteiger partial charge in [-0.25, -0.2) is 0 Å². The third-order valence-corrected chi connectivity index (χ3v) is 6.41. The van der Waals surface area contributed by atoms with Gasteiger partial charge >= 0.3 is 0 Å². The Morgan fingerprint density at radius 1 is 1.09 bits per heavy atom. The lowest BCUT2D eigenvalue weighted by molar-refractivity contribution is -0.0732. The first-order valence-electron chi connectivity index (χ1n) is 8.28. The molecule has 0 radical (unpaired) electrons. The Balaban J connectivity index is 2.14. The number of rotatable bonds is 2. The van der Waals surface area contributed by atoms with E-state index < -0.39 is 0 Å². The van der Waals surface area contributed by atoms with Crippen LogP contribution in [0.4, 0.5) is 0 Å². The molecule has 1 fully saturated rings. The fourth-order valence-electron chi connectivity index (χ4n) is 5.11. The Hall–Kier alpha value is -1.22. The highest BCUT2D eigenvalue weighted by Crippen LogP contribution is 2.58. The Kier molecular flexibility index (Phi) is 3.67. The van der Waals surface area contributed by atoms with E-state index in [2.05, 4.69) is 26.8 Å². The van der Waals surface area contributed by atoms with Crippen molar-refractivity contribution in [1.82, 2.24) is 0 Å². The van der Waals surface area contributed by atoms with Crippen LogP contribution in [0.25, 0.3) is 0 Å². The monoisotopic (exact) mass is 304 g/mol. The average molecular weight is 304 g/mol. The van der Waals surface area contributed by atoms with E-state index >= 15 is 0 Å². The number of aliphatic hydroxyl groups is 1. The molecule has 2 aliphatic rings. The predicted octanol–water partition coefficient (Wildman–Crippen LogP) is 3.70. The third-order valence-electron chi connectivity index (χ3n) is 6.41. The van der Waals surface area contributed by atoms with Crippen molar-refractivity contribution in [3.8, 4) is 11.5 Å². The molecule has 1 N–H and O–H groups in total. The van der Waals surface area contributed by atoms with Gasteiger partial charge in [0.2, 0.25) is 0 Å². The summed E-state index contributed by atoms with van der Waals surface area (Å²) in [4.78, 5) is 0. The minimum absolute atomic E-state index is 0.0438. The zero-order chi connectivity index (χ0) is 16.1. The third kappa shape index (κ3) is 1.98. The van der Waals surface area contributed by atoms with Crippen molar-refractivity contribution in [3.05, 3.63) is 23.3 Å². The number of hydrogen-bond donors (Lipinski definition) is 1. The molecule has 0 aromatic heterocycles. The fraction of sp³-hybridized carbons (Fsp3) is 0.684. The predicted molar refractivity (Wildman–Crippen MR) is 87.7 cm³/mol. The van der Waals surface area contributed by atoms with E-state index in [-0.39, 0.29) is 16.9 Å². The first-order valence-corrected chi connectivity index (χ1v) is 8.28. The summed E-state index contributed by atoms with van der Waals surface area (Å²) in [6.45, 7) is 6.83. The second-order valence-corrected chi connectivity index (χ2v) is 7.71. The topological polar surface area (TPSA) is 38.7 Å². The van der Waals surface area contributed by atoms with Gasteiger partial charge in [-0.1, -0.05) is 26.8 Å². The second kappa shape index (κ2) is 5.16. The minimum atomic E-state index is -0.202. The van der Waals surface area contributed by atoms with Crippen LogP contribution < -0.4 is 9.47 Å². The lowest BCUT2D eigenvalue weighted by atomic mass is 9.49. The summed E-state index contributed by atoms with van der Waals surface area (Å²) in [6.07, 6.45) is 3.79. The summed E-state index contributed by atoms with van der Waals surface area (Å²) in [6, 6.07) is 4.25. The molecule has 3 atom stereocenters. The van der Waals surface area contributed by atoms with Gasteiger partial charge in [0.25, 0.3) is 0 Å². The maximum absolute atomic E-state index is 10.5. The van der Waals surface area contributed by atoms with Gasteiger partial charge in [-0.15, -0.1) is 0 Å². The summed E-state index contributed by atoms with van der Waals surface area (Å²) < 4.78 is 11.1. The van der Waals surface area contributed by atoms with Crippen LogP contribution in [0.5, 0.6) is 11.5 Å². The second-order valence-electron chi connectivity index (χ2n) is 7.71. The van der Waals surface area contributed by atoms with Crippen molar-refractivity contribution < 1.29 is 14.6 Å². The van der Waals surface area contributed by atoms with E-state index in [1.165, 1.54) is 11.1 Å². The Bertz CT molecular complexity index is 578. The van der Waals surface area contributed by atoms with Crippen LogP contribution in [-0.2, 0) is 11.8 Å². The van der Waals surface area contributed by atoms with Crippen molar-refractivity contribution in [2.24, 2.45) is 11.3 Å². The molecule has 1 aromatic carbocycles. The molecule has 0 aliphatic heterocycles. The molecule has 22 heavy (non-hydrogen) atoms. The van der Waals surface area contributed by atoms with Crippen LogP contribution in [0.3, 0.4) is 0 Å². The fourth-order valence-corrected chi connectivity index (χ4v) is 5.11. The van der Waals surface area contributed by atoms with Crippen molar-refractivity contribution in [3.63, 3.8) is 0 Å². The lowest BCUT2D eigenvalue weighted by Crippen LogP contribution is -2.53. The molecular weight excluding hydrogens is 276 g/mol. The first-order chi connectivity index (χ1) is 10.4. The van der Waals surface area contributed by atoms with Gasteiger partial charge in [-0.3, -0.25) is 0 Å². The normalized spacial score (nSPS) is 32.8. The van der Waals surface area contributed by atoms with Gasteiger partial charge in [0.1, 0.15) is 0 Å². The van der Waals surface area contributed by atoms with Crippen LogP contribution >= 0.6 is 0 Å². The highest BCUT2D eigenvalue weighted by atomic mass is 16.5. The first kappa shape index (κ1) is 15.7. The number of aliphatic hydroxyl groups excluding tert-OH is 1. The van der Waals surface area contributed by atoms with Crippen molar-refractivity contribution >= 4 is 0 Å². The zero-order valence-corrected chi connectivity index (χ0v) is 14.4. The van der Waals surface area contributed by atoms with Crippen LogP contribution in [-0.4, -0.2) is 25.4 Å². The van der Waals surface area contributed by atoms with E-state index in [0.717, 1.165) is 37.2 Å². The van der Waals surface area contributed by atoms with Crippen LogP contribution in [0.15, 0.2) is 12.1 Å². The molecule has 0 amide bonds. The molecule has 0 spiro atoms. The molecule has 3 rings (SSSR count). The Morgan fingerprint density at radius 3 is 2.45 bits per heavy atom. The summed E-state index contributed by atoms with van der Waals surface area (Å²) in [5.74, 6) is 2.20. The maximum Gasteiger partial charge on any atom is 0.164 e. The zero-order valence-electron chi connectivity index (χ0n) is 14.4. The number of benzene rings is 1. The van der Waals surface area contributed by atoms with E-state index in [9.17, 15) is 5.11 Å². The standard InChI is InChI=1S/C19H28O3/c1-18(2)15-9-6-12-13(19(15,3)11-10-16(18)20)7-8-14(21-4)17(12)22-5/h7-8,15-16,20H,6,9-11H2,1-5H3/t15-,16-,19+/m1/s1. The van der Waals surface area contributed by atoms with E-state index in [1.54, 1.807) is 14.2 Å². The summed E-state index contributed by atoms with van der Waals surface area (Å²) >= 11 is 0. The van der Waals surface area contributed by atoms with Crippen LogP contribution in [0, 0.1) is 11.3 Å². The van der Waals surface area contributed by atoms with E-state index in [0.29, 0.717) is 5.92 Å². The Morgan fingerprint density at radius 2 is 1.82 bits per heavy atom. The molecule has 3 heteroatoms. The Labute approximate surface area is 133 Å². The highest BCUT2D eigenvalue weighted by molar-refractivity contribution is 5.54. The van der Waals surface area contributed by atoms with Crippen molar-refractivity contribution in [1.29, 1.82) is 0 Å². The van der Waals surface area contributed by atoms with Gasteiger partial charge in [0.05, 0.1) is 20.3 Å². The molecule has 1 saturated carbocycles. The van der Waals surface area contributed by atoms with Crippen LogP contribution in [0.2, 0.25) is 0 Å². The molecule has 0 saturated heterocycles. The molecule has 1 aromatic rings. The smallest absolute Gasteiger partial charge is 0.164 e. The maximum atomic E-state index is 10.5. The number of hydrogen-bond acceptors (Lipinski definition) is 3. The van der Waals surface area contributed by atoms with Gasteiger partial charge in [0, 0.05) is 5.56 Å². The molecule has 2 aliphatic carbocycles. The van der Waals surface area contributed by atoms with Crippen molar-refractivity contribution in [2.75, 3.05) is 14.2 Å². The lowest BCUT2D eigenvalue weighted by Gasteiger charge is -2.56. The van der Waals surface area contributed by atoms with Crippen LogP contribution in [0.1, 0.15) is 51.2 Å². The van der Waals surface area contributed by atoms with Gasteiger partial charge < -0.3 is 14.6 Å². The molecular formula is C19H28O3. The summed E-state index contributed by atoms with van der Waals surface area (Å²) in [5, 5.41) is 10.5. The largest absolute Gasteiger partial charge is 0.493 e. The van der Waals surface area contributed by atoms with Crippen molar-refractivity contribution in [2.45, 2.75) is 58.0 Å². The summed E-state index contributed by atoms with van der Waals surface area (Å²) in [7, 11) is 3.42. The number of ether oxygens (including phenoxy) is 2. The SMILES string of the molecule is COc1ccc2c(c1OC)CC[C@@H]1C(C)(C)[C@H](O)CC[C@@]21C. The van der Waals surface area contributed by atoms with Gasteiger partial charge in [-0.05, 0) is 54.1 Å². The number of methoxy groups -OCH3 is 2. The molecule has 0 unspecified atom stereocenters. The van der Waals surface area contributed by atoms with E-state index in [4.69, 9.17) is 9.47 Å². The minimum Gasteiger partial charge on any atom is -0.493 e. The summed E-state index contributed by atoms with van der Waals surface area (Å²) in [5.41, 5.74) is 2.75. The number of fused-ring (bicyclic) bond motifs is 3. The highest BCUT2D eigenvalue weighted by Gasteiger charge is 2.53. The molecule has 0 bridgehead atoms. The molecule has 0 heterocycles. The van der Waals surface area contributed by atoms with E-state index in [1.807, 2.05) is 6.07 Å². The van der Waals surface area contributed by atoms with Gasteiger partial charge in [0.15, 0.2) is 11.5 Å². The molecule has 3 nitrogen and oxygen atoms in total. The molecule has 122 valence electrons.